The zero-order chi connectivity index (χ0) is 15.9. The second-order valence-electron chi connectivity index (χ2n) is 4.45. The van der Waals surface area contributed by atoms with Crippen molar-refractivity contribution in [3.63, 3.8) is 0 Å². The molecule has 0 saturated carbocycles. The van der Waals surface area contributed by atoms with Gasteiger partial charge in [-0.25, -0.2) is 4.79 Å². The lowest BCUT2D eigenvalue weighted by atomic mass is 10.00. The van der Waals surface area contributed by atoms with Crippen molar-refractivity contribution in [2.24, 2.45) is 5.16 Å². The summed E-state index contributed by atoms with van der Waals surface area (Å²) in [5.41, 5.74) is 1.03. The van der Waals surface area contributed by atoms with Gasteiger partial charge in [0.1, 0.15) is 0 Å². The molecule has 2 aromatic rings. The number of nitrogens with zero attached hydrogens (tertiary/aromatic N) is 1. The minimum atomic E-state index is -0.741. The summed E-state index contributed by atoms with van der Waals surface area (Å²) >= 11 is 0. The molecule has 0 spiro atoms. The highest BCUT2D eigenvalue weighted by Crippen LogP contribution is 2.13. The number of hydrogen-bond acceptors (Lipinski definition) is 5. The van der Waals surface area contributed by atoms with Crippen molar-refractivity contribution in [3.8, 4) is 0 Å². The van der Waals surface area contributed by atoms with Crippen molar-refractivity contribution in [1.82, 2.24) is 0 Å². The van der Waals surface area contributed by atoms with E-state index in [2.05, 4.69) is 5.16 Å². The highest BCUT2D eigenvalue weighted by molar-refractivity contribution is 6.43. The van der Waals surface area contributed by atoms with Gasteiger partial charge in [-0.2, -0.15) is 0 Å². The van der Waals surface area contributed by atoms with Crippen molar-refractivity contribution in [2.75, 3.05) is 6.61 Å². The molecule has 0 amide bonds. The predicted octanol–water partition coefficient (Wildman–Crippen LogP) is 2.66. The maximum atomic E-state index is 12.4. The molecule has 2 aromatic carbocycles. The van der Waals surface area contributed by atoms with Crippen LogP contribution in [0.2, 0.25) is 0 Å². The highest BCUT2D eigenvalue weighted by atomic mass is 16.5. The summed E-state index contributed by atoms with van der Waals surface area (Å²) in [6, 6.07) is 15.1. The van der Waals surface area contributed by atoms with Crippen LogP contribution < -0.4 is 0 Å². The molecule has 0 aliphatic heterocycles. The lowest BCUT2D eigenvalue weighted by Gasteiger charge is -2.06. The van der Waals surface area contributed by atoms with Crippen LogP contribution in [0.15, 0.2) is 59.8 Å². The van der Waals surface area contributed by atoms with Gasteiger partial charge in [-0.3, -0.25) is 4.79 Å². The van der Waals surface area contributed by atoms with Crippen molar-refractivity contribution < 1.29 is 19.5 Å². The van der Waals surface area contributed by atoms with Gasteiger partial charge < -0.3 is 9.94 Å². The Labute approximate surface area is 127 Å². The third-order valence-corrected chi connectivity index (χ3v) is 3.00. The van der Waals surface area contributed by atoms with Crippen molar-refractivity contribution in [2.45, 2.75) is 6.92 Å². The molecule has 1 N–H and O–H groups in total. The molecular formula is C17H15NO4. The van der Waals surface area contributed by atoms with Crippen LogP contribution in [0.5, 0.6) is 0 Å². The van der Waals surface area contributed by atoms with Crippen LogP contribution in [0.3, 0.4) is 0 Å². The molecule has 0 fully saturated rings. The summed E-state index contributed by atoms with van der Waals surface area (Å²) in [4.78, 5) is 24.1. The quantitative estimate of drug-likeness (QED) is 0.303. The maximum absolute atomic E-state index is 12.4. The third-order valence-electron chi connectivity index (χ3n) is 3.00. The summed E-state index contributed by atoms with van der Waals surface area (Å²) in [7, 11) is 0. The van der Waals surface area contributed by atoms with E-state index in [-0.39, 0.29) is 18.1 Å². The van der Waals surface area contributed by atoms with E-state index in [1.807, 2.05) is 6.07 Å². The molecule has 5 heteroatoms. The maximum Gasteiger partial charge on any atom is 0.361 e. The minimum absolute atomic E-state index is 0.167. The third kappa shape index (κ3) is 3.38. The summed E-state index contributed by atoms with van der Waals surface area (Å²) in [5.74, 6) is -0.919. The van der Waals surface area contributed by atoms with Gasteiger partial charge in [0.15, 0.2) is 11.5 Å². The molecule has 0 aromatic heterocycles. The molecular weight excluding hydrogens is 282 g/mol. The Balaban J connectivity index is 2.34. The fourth-order valence-electron chi connectivity index (χ4n) is 1.98. The van der Waals surface area contributed by atoms with Gasteiger partial charge in [-0.1, -0.05) is 53.7 Å². The molecule has 22 heavy (non-hydrogen) atoms. The first-order valence-electron chi connectivity index (χ1n) is 6.76. The molecule has 2 rings (SSSR count). The van der Waals surface area contributed by atoms with E-state index in [1.165, 1.54) is 6.07 Å². The van der Waals surface area contributed by atoms with Gasteiger partial charge in [0, 0.05) is 16.7 Å². The van der Waals surface area contributed by atoms with Gasteiger partial charge >= 0.3 is 5.97 Å². The van der Waals surface area contributed by atoms with Crippen molar-refractivity contribution >= 4 is 17.5 Å². The number of esters is 1. The van der Waals surface area contributed by atoms with E-state index in [0.29, 0.717) is 16.7 Å². The van der Waals surface area contributed by atoms with E-state index >= 15 is 0 Å². The SMILES string of the molecule is CCOC(=O)/C(=N\O)c1cccc(C(=O)c2ccccc2)c1. The summed E-state index contributed by atoms with van der Waals surface area (Å²) in [6.45, 7) is 1.82. The second kappa shape index (κ2) is 7.17. The number of carbonyl (C=O) groups excluding carboxylic acids is 2. The topological polar surface area (TPSA) is 76.0 Å². The average Bonchev–Trinajstić information content (AvgIpc) is 2.56. The van der Waals surface area contributed by atoms with Gasteiger partial charge in [0.05, 0.1) is 6.61 Å². The van der Waals surface area contributed by atoms with E-state index in [1.54, 1.807) is 49.4 Å². The van der Waals surface area contributed by atoms with Crippen LogP contribution in [0.25, 0.3) is 0 Å². The van der Waals surface area contributed by atoms with Gasteiger partial charge in [-0.15, -0.1) is 0 Å². The Morgan fingerprint density at radius 3 is 2.27 bits per heavy atom. The summed E-state index contributed by atoms with van der Waals surface area (Å²) in [5, 5.41) is 12.0. The number of carbonyl (C=O) groups is 2. The predicted molar refractivity (Wildman–Crippen MR) is 81.3 cm³/mol. The summed E-state index contributed by atoms with van der Waals surface area (Å²) < 4.78 is 4.82. The first-order valence-corrected chi connectivity index (χ1v) is 6.76. The number of ether oxygens (including phenoxy) is 1. The molecule has 0 bridgehead atoms. The standard InChI is InChI=1S/C17H15NO4/c1-2-22-17(20)15(18-21)13-9-6-10-14(11-13)16(19)12-7-4-3-5-8-12/h3-11,21H,2H2,1H3/b18-15-. The molecule has 0 radical (unpaired) electrons. The monoisotopic (exact) mass is 297 g/mol. The van der Waals surface area contributed by atoms with Crippen LogP contribution in [0, 0.1) is 0 Å². The lowest BCUT2D eigenvalue weighted by Crippen LogP contribution is -2.19. The zero-order valence-electron chi connectivity index (χ0n) is 12.0. The second-order valence-corrected chi connectivity index (χ2v) is 4.45. The molecule has 0 unspecified atom stereocenters. The molecule has 0 aliphatic rings. The van der Waals surface area contributed by atoms with E-state index in [9.17, 15) is 9.59 Å². The molecule has 5 nitrogen and oxygen atoms in total. The number of benzene rings is 2. The number of oxime groups is 1. The van der Waals surface area contributed by atoms with Crippen LogP contribution in [-0.2, 0) is 9.53 Å². The first-order chi connectivity index (χ1) is 10.7. The fourth-order valence-corrected chi connectivity index (χ4v) is 1.98. The Morgan fingerprint density at radius 1 is 1.00 bits per heavy atom. The Bertz CT molecular complexity index is 708. The smallest absolute Gasteiger partial charge is 0.361 e. The zero-order valence-corrected chi connectivity index (χ0v) is 12.0. The van der Waals surface area contributed by atoms with Gasteiger partial charge in [-0.05, 0) is 13.0 Å². The molecule has 0 heterocycles. The van der Waals surface area contributed by atoms with Crippen LogP contribution >= 0.6 is 0 Å². The average molecular weight is 297 g/mol. The van der Waals surface area contributed by atoms with Crippen LogP contribution in [-0.4, -0.2) is 29.3 Å². The number of hydrogen-bond donors (Lipinski definition) is 1. The molecule has 112 valence electrons. The molecule has 0 atom stereocenters. The van der Waals surface area contributed by atoms with E-state index < -0.39 is 5.97 Å². The van der Waals surface area contributed by atoms with Crippen LogP contribution in [0.1, 0.15) is 28.4 Å². The number of rotatable bonds is 5. The first kappa shape index (κ1) is 15.4. The molecule has 0 saturated heterocycles. The Morgan fingerprint density at radius 2 is 1.64 bits per heavy atom. The normalized spacial score (nSPS) is 11.0. The van der Waals surface area contributed by atoms with E-state index in [0.717, 1.165) is 0 Å². The molecule has 0 aliphatic carbocycles. The van der Waals surface area contributed by atoms with Crippen molar-refractivity contribution in [3.05, 3.63) is 71.3 Å². The summed E-state index contributed by atoms with van der Waals surface area (Å²) in [6.07, 6.45) is 0. The highest BCUT2D eigenvalue weighted by Gasteiger charge is 2.18. The minimum Gasteiger partial charge on any atom is -0.461 e. The van der Waals surface area contributed by atoms with Crippen LogP contribution in [0.4, 0.5) is 0 Å². The van der Waals surface area contributed by atoms with E-state index in [4.69, 9.17) is 9.94 Å². The largest absolute Gasteiger partial charge is 0.461 e. The Kier molecular flexibility index (Phi) is 5.03. The van der Waals surface area contributed by atoms with Gasteiger partial charge in [0.25, 0.3) is 0 Å². The lowest BCUT2D eigenvalue weighted by molar-refractivity contribution is -0.135. The fraction of sp³-hybridized carbons (Fsp3) is 0.118. The van der Waals surface area contributed by atoms with Crippen molar-refractivity contribution in [1.29, 1.82) is 0 Å². The number of ketones is 1. The van der Waals surface area contributed by atoms with Gasteiger partial charge in [0.2, 0.25) is 0 Å². The Hall–Kier alpha value is -2.95.